The predicted octanol–water partition coefficient (Wildman–Crippen LogP) is 1.75. The van der Waals surface area contributed by atoms with Crippen LogP contribution in [-0.2, 0) is 9.59 Å². The smallest absolute Gasteiger partial charge is 0.315 e. The fourth-order valence-corrected chi connectivity index (χ4v) is 1.62. The third-order valence-corrected chi connectivity index (χ3v) is 2.94. The van der Waals surface area contributed by atoms with E-state index in [9.17, 15) is 18.4 Å². The molecule has 0 aromatic heterocycles. The zero-order valence-electron chi connectivity index (χ0n) is 8.65. The molecule has 0 saturated carbocycles. The summed E-state index contributed by atoms with van der Waals surface area (Å²) in [5, 5.41) is 2.21. The van der Waals surface area contributed by atoms with Gasteiger partial charge in [0.25, 0.3) is 5.91 Å². The van der Waals surface area contributed by atoms with Crippen LogP contribution in [0.4, 0.5) is 8.78 Å². The highest BCUT2D eigenvalue weighted by Gasteiger charge is 2.31. The molecule has 0 aliphatic carbocycles. The molecule has 0 heterocycles. The van der Waals surface area contributed by atoms with Gasteiger partial charge >= 0.3 is 6.43 Å². The lowest BCUT2D eigenvalue weighted by atomic mass is 9.83. The van der Waals surface area contributed by atoms with Crippen LogP contribution in [0.25, 0.3) is 0 Å². The number of Topliss-reactive ketones (excluding diaryl/α,β-unsaturated/α-hetero) is 1. The normalized spacial score (nSPS) is 14.8. The Balaban J connectivity index is 4.33. The topological polar surface area (TPSA) is 46.2 Å². The molecular formula is C9H14BrF2NO2. The van der Waals surface area contributed by atoms with Crippen molar-refractivity contribution in [1.82, 2.24) is 5.32 Å². The first-order valence-corrected chi connectivity index (χ1v) is 5.64. The number of amides is 1. The molecule has 1 atom stereocenters. The van der Waals surface area contributed by atoms with Gasteiger partial charge in [-0.1, -0.05) is 29.8 Å². The van der Waals surface area contributed by atoms with Crippen molar-refractivity contribution in [3.63, 3.8) is 0 Å². The molecule has 0 bridgehead atoms. The minimum atomic E-state index is -3.04. The van der Waals surface area contributed by atoms with Crippen molar-refractivity contribution in [2.75, 3.05) is 11.9 Å². The van der Waals surface area contributed by atoms with Crippen molar-refractivity contribution < 1.29 is 18.4 Å². The van der Waals surface area contributed by atoms with Gasteiger partial charge in [-0.15, -0.1) is 0 Å². The number of hydrogen-bond donors (Lipinski definition) is 1. The van der Waals surface area contributed by atoms with E-state index in [1.54, 1.807) is 13.8 Å². The van der Waals surface area contributed by atoms with Crippen molar-refractivity contribution in [2.24, 2.45) is 5.41 Å². The highest BCUT2D eigenvalue weighted by Crippen LogP contribution is 2.22. The van der Waals surface area contributed by atoms with Crippen LogP contribution < -0.4 is 5.32 Å². The van der Waals surface area contributed by atoms with Gasteiger partial charge in [0, 0.05) is 12.0 Å². The predicted molar refractivity (Wildman–Crippen MR) is 56.2 cm³/mol. The third-order valence-electron chi connectivity index (χ3n) is 2.43. The van der Waals surface area contributed by atoms with Gasteiger partial charge in [-0.2, -0.15) is 8.78 Å². The van der Waals surface area contributed by atoms with Crippen LogP contribution in [0.15, 0.2) is 0 Å². The summed E-state index contributed by atoms with van der Waals surface area (Å²) in [4.78, 5) is 22.1. The van der Waals surface area contributed by atoms with E-state index in [1.165, 1.54) is 0 Å². The second kappa shape index (κ2) is 6.15. The van der Waals surface area contributed by atoms with E-state index < -0.39 is 17.7 Å². The van der Waals surface area contributed by atoms with Gasteiger partial charge in [0.1, 0.15) is 0 Å². The van der Waals surface area contributed by atoms with Crippen molar-refractivity contribution in [3.05, 3.63) is 0 Å². The molecule has 1 amide bonds. The number of rotatable bonds is 6. The summed E-state index contributed by atoms with van der Waals surface area (Å²) in [6, 6.07) is 0. The average Bonchev–Trinajstić information content (AvgIpc) is 2.23. The molecule has 0 aliphatic rings. The first-order valence-electron chi connectivity index (χ1n) is 4.52. The molecule has 15 heavy (non-hydrogen) atoms. The van der Waals surface area contributed by atoms with Crippen LogP contribution in [-0.4, -0.2) is 30.0 Å². The fraction of sp³-hybridized carbons (Fsp3) is 0.778. The van der Waals surface area contributed by atoms with Gasteiger partial charge in [-0.05, 0) is 6.42 Å². The molecule has 1 unspecified atom stereocenters. The molecule has 88 valence electrons. The largest absolute Gasteiger partial charge is 0.350 e. The number of alkyl halides is 3. The van der Waals surface area contributed by atoms with Gasteiger partial charge in [0.05, 0.1) is 5.33 Å². The van der Waals surface area contributed by atoms with E-state index in [2.05, 4.69) is 21.2 Å². The Labute approximate surface area is 95.7 Å². The minimum Gasteiger partial charge on any atom is -0.350 e. The standard InChI is InChI=1S/C9H14BrF2NO2/c1-3-9(2,6(14)4-10)5-13-8(15)7(11)12/h7H,3-5H2,1-2H3,(H,13,15). The molecule has 0 aliphatic heterocycles. The van der Waals surface area contributed by atoms with Crippen molar-refractivity contribution in [1.29, 1.82) is 0 Å². The van der Waals surface area contributed by atoms with Gasteiger partial charge in [-0.25, -0.2) is 0 Å². The minimum absolute atomic E-state index is 0.0584. The summed E-state index contributed by atoms with van der Waals surface area (Å²) in [6.45, 7) is 3.36. The first-order chi connectivity index (χ1) is 6.87. The van der Waals surface area contributed by atoms with Crippen molar-refractivity contribution in [3.8, 4) is 0 Å². The molecule has 1 N–H and O–H groups in total. The summed E-state index contributed by atoms with van der Waals surface area (Å²) in [5.74, 6) is -1.45. The van der Waals surface area contributed by atoms with E-state index in [-0.39, 0.29) is 17.7 Å². The Morgan fingerprint density at radius 1 is 1.47 bits per heavy atom. The number of carbonyl (C=O) groups is 2. The highest BCUT2D eigenvalue weighted by molar-refractivity contribution is 9.09. The molecule has 0 spiro atoms. The third kappa shape index (κ3) is 4.24. The molecule has 0 aromatic rings. The zero-order chi connectivity index (χ0) is 12.1. The lowest BCUT2D eigenvalue weighted by Crippen LogP contribution is -2.43. The van der Waals surface area contributed by atoms with E-state index in [1.807, 2.05) is 0 Å². The zero-order valence-corrected chi connectivity index (χ0v) is 10.2. The number of nitrogens with one attached hydrogen (secondary N) is 1. The highest BCUT2D eigenvalue weighted by atomic mass is 79.9. The maximum atomic E-state index is 11.9. The maximum absolute atomic E-state index is 11.9. The van der Waals surface area contributed by atoms with Gasteiger partial charge in [0.15, 0.2) is 5.78 Å². The van der Waals surface area contributed by atoms with E-state index in [0.29, 0.717) is 6.42 Å². The van der Waals surface area contributed by atoms with Crippen LogP contribution in [0.3, 0.4) is 0 Å². The van der Waals surface area contributed by atoms with E-state index in [0.717, 1.165) is 0 Å². The lowest BCUT2D eigenvalue weighted by molar-refractivity contribution is -0.133. The fourth-order valence-electron chi connectivity index (χ4n) is 0.941. The van der Waals surface area contributed by atoms with Crippen LogP contribution in [0, 0.1) is 5.41 Å². The van der Waals surface area contributed by atoms with Gasteiger partial charge in [0.2, 0.25) is 0 Å². The SMILES string of the molecule is CCC(C)(CNC(=O)C(F)F)C(=O)CBr. The van der Waals surface area contributed by atoms with Gasteiger partial charge < -0.3 is 5.32 Å². The molecule has 3 nitrogen and oxygen atoms in total. The van der Waals surface area contributed by atoms with Crippen LogP contribution >= 0.6 is 15.9 Å². The van der Waals surface area contributed by atoms with Gasteiger partial charge in [-0.3, -0.25) is 9.59 Å². The number of carbonyl (C=O) groups excluding carboxylic acids is 2. The second-order valence-electron chi connectivity index (χ2n) is 3.49. The van der Waals surface area contributed by atoms with Crippen LogP contribution in [0.2, 0.25) is 0 Å². The first kappa shape index (κ1) is 14.5. The second-order valence-corrected chi connectivity index (χ2v) is 4.05. The Morgan fingerprint density at radius 2 is 2.00 bits per heavy atom. The molecular weight excluding hydrogens is 272 g/mol. The average molecular weight is 286 g/mol. The quantitative estimate of drug-likeness (QED) is 0.756. The molecule has 0 aromatic carbocycles. The lowest BCUT2D eigenvalue weighted by Gasteiger charge is -2.25. The van der Waals surface area contributed by atoms with E-state index in [4.69, 9.17) is 0 Å². The molecule has 0 saturated heterocycles. The summed E-state index contributed by atoms with van der Waals surface area (Å²) in [6.07, 6.45) is -2.55. The summed E-state index contributed by atoms with van der Waals surface area (Å²) < 4.78 is 23.8. The number of ketones is 1. The van der Waals surface area contributed by atoms with E-state index >= 15 is 0 Å². The Morgan fingerprint density at radius 3 is 2.33 bits per heavy atom. The molecule has 6 heteroatoms. The summed E-state index contributed by atoms with van der Waals surface area (Å²) in [5.41, 5.74) is -0.784. The van der Waals surface area contributed by atoms with Crippen LogP contribution in [0.1, 0.15) is 20.3 Å². The molecule has 0 fully saturated rings. The Kier molecular flexibility index (Phi) is 5.93. The maximum Gasteiger partial charge on any atom is 0.315 e. The molecule has 0 radical (unpaired) electrons. The van der Waals surface area contributed by atoms with Crippen molar-refractivity contribution in [2.45, 2.75) is 26.7 Å². The Hall–Kier alpha value is -0.520. The summed E-state index contributed by atoms with van der Waals surface area (Å²) >= 11 is 3.02. The summed E-state index contributed by atoms with van der Waals surface area (Å²) in [7, 11) is 0. The number of halogens is 3. The molecule has 0 rings (SSSR count). The Bertz CT molecular complexity index is 248. The van der Waals surface area contributed by atoms with Crippen LogP contribution in [0.5, 0.6) is 0 Å². The monoisotopic (exact) mass is 285 g/mol. The van der Waals surface area contributed by atoms with Crippen molar-refractivity contribution >= 4 is 27.6 Å². The number of hydrogen-bond acceptors (Lipinski definition) is 2.